The third-order valence-corrected chi connectivity index (χ3v) is 14.4. The standard InChI is InChI=1S/C63H41N7/c1-4-18-42(19-5-1)43-32-34-44(35-33-43)63-65(69-57-30-16-12-26-49(57)53-38-36-51-47-24-10-14-28-55(47)67(59(51)61(53)69)45-20-6-2-7-21-45)40-64-41-66(63)70-58-31-17-13-27-50(58)54-39-37-52-48-25-11-15-29-56(48)68(60(52)62(54)70)46-22-8-3-9-23-46/h1-41H/q+2. The SMILES string of the molecule is c1ccc(-c2ccc(-c3[n+](-n4c5ccccc5c5ccc6c7ccccc7n(-c7ccccc7)c6c54)cnc[n+]3-n3c4ccccc4c4ccc5c6ccccc6n(-c6ccccc6)c5c43)cc2)cc1. The lowest BCUT2D eigenvalue weighted by Gasteiger charge is -2.13. The van der Waals surface area contributed by atoms with Crippen LogP contribution in [0.1, 0.15) is 0 Å². The van der Waals surface area contributed by atoms with Crippen molar-refractivity contribution in [2.24, 2.45) is 0 Å². The summed E-state index contributed by atoms with van der Waals surface area (Å²) in [6.45, 7) is 0. The molecule has 70 heavy (non-hydrogen) atoms. The van der Waals surface area contributed by atoms with E-state index < -0.39 is 0 Å². The molecule has 0 saturated heterocycles. The lowest BCUT2D eigenvalue weighted by atomic mass is 10.0. The molecule has 0 N–H and O–H groups in total. The van der Waals surface area contributed by atoms with Crippen LogP contribution in [0.5, 0.6) is 0 Å². The van der Waals surface area contributed by atoms with E-state index in [9.17, 15) is 0 Å². The number of fused-ring (bicyclic) bond motifs is 14. The number of hydrogen-bond acceptors (Lipinski definition) is 1. The van der Waals surface area contributed by atoms with Gasteiger partial charge in [0.2, 0.25) is 0 Å². The van der Waals surface area contributed by atoms with Crippen LogP contribution in [-0.4, -0.2) is 23.5 Å². The van der Waals surface area contributed by atoms with E-state index >= 15 is 0 Å². The Labute approximate surface area is 401 Å². The molecule has 0 unspecified atom stereocenters. The monoisotopic (exact) mass is 895 g/mol. The number of rotatable bonds is 6. The molecule has 0 aliphatic rings. The van der Waals surface area contributed by atoms with E-state index in [1.54, 1.807) is 0 Å². The van der Waals surface area contributed by atoms with Crippen molar-refractivity contribution in [2.45, 2.75) is 0 Å². The summed E-state index contributed by atoms with van der Waals surface area (Å²) < 4.78 is 14.2. The predicted molar refractivity (Wildman–Crippen MR) is 285 cm³/mol. The number of para-hydroxylation sites is 6. The van der Waals surface area contributed by atoms with Crippen molar-refractivity contribution < 1.29 is 9.35 Å². The first-order valence-corrected chi connectivity index (χ1v) is 23.8. The van der Waals surface area contributed by atoms with Crippen molar-refractivity contribution in [3.8, 4) is 33.9 Å². The highest BCUT2D eigenvalue weighted by Gasteiger charge is 2.34. The largest absolute Gasteiger partial charge is 0.403 e. The molecule has 7 nitrogen and oxygen atoms in total. The third kappa shape index (κ3) is 5.42. The van der Waals surface area contributed by atoms with Gasteiger partial charge in [-0.1, -0.05) is 176 Å². The van der Waals surface area contributed by atoms with E-state index in [-0.39, 0.29) is 0 Å². The van der Waals surface area contributed by atoms with Gasteiger partial charge in [-0.3, -0.25) is 0 Å². The van der Waals surface area contributed by atoms with Crippen molar-refractivity contribution >= 4 is 87.2 Å². The Morgan fingerprint density at radius 2 is 0.586 bits per heavy atom. The van der Waals surface area contributed by atoms with Gasteiger partial charge in [-0.15, -0.1) is 9.35 Å². The van der Waals surface area contributed by atoms with Crippen LogP contribution in [0.2, 0.25) is 0 Å². The molecule has 0 spiro atoms. The Kier molecular flexibility index (Phi) is 8.23. The Hall–Kier alpha value is -9.59. The van der Waals surface area contributed by atoms with E-state index in [4.69, 9.17) is 4.98 Å². The second kappa shape index (κ2) is 15.0. The number of hydrogen-bond donors (Lipinski definition) is 0. The Morgan fingerprint density at radius 3 is 1.03 bits per heavy atom. The molecular formula is C63H41N7+2. The van der Waals surface area contributed by atoms with Crippen molar-refractivity contribution in [2.75, 3.05) is 0 Å². The fraction of sp³-hybridized carbons (Fsp3) is 0. The molecule has 0 fully saturated rings. The van der Waals surface area contributed by atoms with Gasteiger partial charge in [-0.25, -0.2) is 0 Å². The summed E-state index contributed by atoms with van der Waals surface area (Å²) >= 11 is 0. The van der Waals surface area contributed by atoms with Gasteiger partial charge in [0.1, 0.15) is 11.0 Å². The van der Waals surface area contributed by atoms with Gasteiger partial charge in [0.05, 0.1) is 43.6 Å². The van der Waals surface area contributed by atoms with Crippen LogP contribution in [0.25, 0.3) is 121 Å². The summed E-state index contributed by atoms with van der Waals surface area (Å²) in [5.41, 5.74) is 14.4. The van der Waals surface area contributed by atoms with Gasteiger partial charge in [-0.2, -0.15) is 0 Å². The Balaban J connectivity index is 1.14. The molecule has 0 atom stereocenters. The summed E-state index contributed by atoms with van der Waals surface area (Å²) in [5.74, 6) is 0.915. The van der Waals surface area contributed by atoms with Crippen molar-refractivity contribution in [3.05, 3.63) is 249 Å². The molecule has 0 amide bonds. The van der Waals surface area contributed by atoms with Crippen LogP contribution in [-0.2, 0) is 0 Å². The average molecular weight is 896 g/mol. The molecule has 0 saturated carbocycles. The first kappa shape index (κ1) is 38.5. The van der Waals surface area contributed by atoms with Gasteiger partial charge in [0, 0.05) is 54.5 Å². The summed E-state index contributed by atoms with van der Waals surface area (Å²) in [4.78, 5) is 5.25. The highest BCUT2D eigenvalue weighted by Crippen LogP contribution is 2.42. The van der Waals surface area contributed by atoms with Gasteiger partial charge >= 0.3 is 18.5 Å². The molecule has 326 valence electrons. The van der Waals surface area contributed by atoms with Crippen molar-refractivity contribution in [3.63, 3.8) is 0 Å². The quantitative estimate of drug-likeness (QED) is 0.153. The summed E-state index contributed by atoms with van der Waals surface area (Å²) in [6.07, 6.45) is 3.98. The van der Waals surface area contributed by atoms with E-state index in [0.717, 1.165) is 94.0 Å². The normalized spacial score (nSPS) is 12.0. The zero-order chi connectivity index (χ0) is 45.9. The van der Waals surface area contributed by atoms with Crippen LogP contribution in [0, 0.1) is 0 Å². The molecule has 15 rings (SSSR count). The fourth-order valence-corrected chi connectivity index (χ4v) is 11.5. The maximum absolute atomic E-state index is 5.25. The first-order valence-electron chi connectivity index (χ1n) is 23.8. The van der Waals surface area contributed by atoms with E-state index in [2.05, 4.69) is 264 Å². The summed E-state index contributed by atoms with van der Waals surface area (Å²) in [5, 5.41) is 9.38. The Morgan fingerprint density at radius 1 is 0.257 bits per heavy atom. The molecule has 0 bridgehead atoms. The number of nitrogens with zero attached hydrogens (tertiary/aromatic N) is 7. The zero-order valence-corrected chi connectivity index (χ0v) is 37.8. The molecule has 5 heterocycles. The van der Waals surface area contributed by atoms with Crippen LogP contribution >= 0.6 is 0 Å². The van der Waals surface area contributed by atoms with E-state index in [1.807, 2.05) is 12.7 Å². The first-order chi connectivity index (χ1) is 34.8. The molecule has 0 aliphatic heterocycles. The highest BCUT2D eigenvalue weighted by atomic mass is 15.6. The average Bonchev–Trinajstić information content (AvgIpc) is 4.17. The fourth-order valence-electron chi connectivity index (χ4n) is 11.5. The van der Waals surface area contributed by atoms with Crippen molar-refractivity contribution in [1.29, 1.82) is 0 Å². The minimum atomic E-state index is 0.915. The summed E-state index contributed by atoms with van der Waals surface area (Å²) in [7, 11) is 0. The Bertz CT molecular complexity index is 4310. The number of aromatic nitrogens is 7. The molecule has 0 radical (unpaired) electrons. The second-order valence-electron chi connectivity index (χ2n) is 18.1. The van der Waals surface area contributed by atoms with E-state index in [0.29, 0.717) is 0 Å². The van der Waals surface area contributed by atoms with Crippen LogP contribution in [0.3, 0.4) is 0 Å². The van der Waals surface area contributed by atoms with E-state index in [1.165, 1.54) is 27.1 Å². The highest BCUT2D eigenvalue weighted by molar-refractivity contribution is 6.24. The smallest absolute Gasteiger partial charge is 0.307 e. The molecule has 7 heteroatoms. The van der Waals surface area contributed by atoms with Gasteiger partial charge in [0.15, 0.2) is 0 Å². The second-order valence-corrected chi connectivity index (χ2v) is 18.1. The maximum atomic E-state index is 5.25. The topological polar surface area (TPSA) is 40.4 Å². The van der Waals surface area contributed by atoms with Gasteiger partial charge in [0.25, 0.3) is 0 Å². The lowest BCUT2D eigenvalue weighted by molar-refractivity contribution is -0.834. The van der Waals surface area contributed by atoms with Crippen LogP contribution in [0.4, 0.5) is 0 Å². The molecule has 5 aromatic heterocycles. The molecule has 10 aromatic carbocycles. The molecular weight excluding hydrogens is 855 g/mol. The number of benzene rings is 10. The minimum absolute atomic E-state index is 0.915. The van der Waals surface area contributed by atoms with Crippen LogP contribution in [0.15, 0.2) is 249 Å². The molecule has 15 aromatic rings. The lowest BCUT2D eigenvalue weighted by Crippen LogP contribution is -2.57. The summed E-state index contributed by atoms with van der Waals surface area (Å²) in [6, 6.07) is 85.5. The minimum Gasteiger partial charge on any atom is -0.307 e. The molecule has 0 aliphatic carbocycles. The maximum Gasteiger partial charge on any atom is 0.403 e. The van der Waals surface area contributed by atoms with Crippen LogP contribution < -0.4 is 9.35 Å². The van der Waals surface area contributed by atoms with Gasteiger partial charge in [-0.05, 0) is 81.1 Å². The van der Waals surface area contributed by atoms with Crippen molar-refractivity contribution in [1.82, 2.24) is 23.5 Å². The third-order valence-electron chi connectivity index (χ3n) is 14.4. The zero-order valence-electron chi connectivity index (χ0n) is 37.8. The predicted octanol–water partition coefficient (Wildman–Crippen LogP) is 14.0. The van der Waals surface area contributed by atoms with Gasteiger partial charge < -0.3 is 9.13 Å².